The van der Waals surface area contributed by atoms with Gasteiger partial charge < -0.3 is 5.11 Å². The molecule has 1 aromatic carbocycles. The number of rotatable bonds is 2. The highest BCUT2D eigenvalue weighted by Crippen LogP contribution is 2.59. The highest BCUT2D eigenvalue weighted by atomic mass is 16.4. The van der Waals surface area contributed by atoms with Crippen molar-refractivity contribution >= 4 is 5.97 Å². The van der Waals surface area contributed by atoms with Crippen LogP contribution in [0.1, 0.15) is 30.4 Å². The molecule has 2 atom stereocenters. The lowest BCUT2D eigenvalue weighted by atomic mass is 9.98. The Hall–Kier alpha value is -1.31. The van der Waals surface area contributed by atoms with Crippen LogP contribution in [-0.2, 0) is 4.79 Å². The summed E-state index contributed by atoms with van der Waals surface area (Å²) in [5, 5.41) is 9.04. The fourth-order valence-electron chi connectivity index (χ4n) is 2.03. The fourth-order valence-corrected chi connectivity index (χ4v) is 2.03. The summed E-state index contributed by atoms with van der Waals surface area (Å²) in [5.74, 6) is -0.466. The number of aryl methyl sites for hydroxylation is 1. The maximum absolute atomic E-state index is 11.0. The summed E-state index contributed by atoms with van der Waals surface area (Å²) < 4.78 is 0. The van der Waals surface area contributed by atoms with Crippen LogP contribution in [0.15, 0.2) is 24.3 Å². The van der Waals surface area contributed by atoms with E-state index in [2.05, 4.69) is 0 Å². The topological polar surface area (TPSA) is 37.3 Å². The Kier molecular flexibility index (Phi) is 1.88. The first-order valence-electron chi connectivity index (χ1n) is 4.84. The van der Waals surface area contributed by atoms with Gasteiger partial charge in [-0.3, -0.25) is 4.79 Å². The van der Waals surface area contributed by atoms with Crippen LogP contribution in [0.3, 0.4) is 0 Å². The van der Waals surface area contributed by atoms with Crippen molar-refractivity contribution in [3.05, 3.63) is 35.4 Å². The zero-order valence-electron chi connectivity index (χ0n) is 8.45. The molecule has 2 rings (SSSR count). The van der Waals surface area contributed by atoms with Gasteiger partial charge in [-0.15, -0.1) is 0 Å². The molecule has 0 radical (unpaired) electrons. The van der Waals surface area contributed by atoms with Gasteiger partial charge in [0.25, 0.3) is 0 Å². The molecule has 1 aliphatic carbocycles. The Morgan fingerprint density at radius 3 is 2.64 bits per heavy atom. The molecule has 2 nitrogen and oxygen atoms in total. The number of hydrogen-bond donors (Lipinski definition) is 1. The van der Waals surface area contributed by atoms with E-state index in [0.717, 1.165) is 6.42 Å². The lowest BCUT2D eigenvalue weighted by molar-refractivity contribution is -0.142. The normalized spacial score (nSPS) is 30.0. The lowest BCUT2D eigenvalue weighted by Gasteiger charge is -2.07. The highest BCUT2D eigenvalue weighted by molar-refractivity contribution is 5.80. The van der Waals surface area contributed by atoms with Crippen molar-refractivity contribution in [2.24, 2.45) is 5.41 Å². The van der Waals surface area contributed by atoms with Crippen molar-refractivity contribution in [2.75, 3.05) is 0 Å². The summed E-state index contributed by atoms with van der Waals surface area (Å²) in [6.07, 6.45) is 0.771. The predicted octanol–water partition coefficient (Wildman–Crippen LogP) is 2.57. The minimum absolute atomic E-state index is 0.209. The van der Waals surface area contributed by atoms with Gasteiger partial charge in [0.05, 0.1) is 5.41 Å². The summed E-state index contributed by atoms with van der Waals surface area (Å²) >= 11 is 0. The van der Waals surface area contributed by atoms with E-state index in [0.29, 0.717) is 0 Å². The number of aliphatic carboxylic acids is 1. The second kappa shape index (κ2) is 2.84. The first-order chi connectivity index (χ1) is 6.55. The van der Waals surface area contributed by atoms with Crippen LogP contribution >= 0.6 is 0 Å². The molecular formula is C12H14O2. The maximum Gasteiger partial charge on any atom is 0.309 e. The van der Waals surface area contributed by atoms with E-state index in [1.807, 2.05) is 38.1 Å². The quantitative estimate of drug-likeness (QED) is 0.778. The SMILES string of the molecule is Cc1ccccc1[C@@H]1C[C@@]1(C)C(=O)O. The standard InChI is InChI=1S/C12H14O2/c1-8-5-3-4-6-9(8)10-7-12(10,2)11(13)14/h3-6,10H,7H2,1-2H3,(H,13,14)/t10-,12+/m0/s1. The van der Waals surface area contributed by atoms with Crippen molar-refractivity contribution in [1.82, 2.24) is 0 Å². The Bertz CT molecular complexity index is 384. The molecule has 1 fully saturated rings. The van der Waals surface area contributed by atoms with Gasteiger partial charge in [-0.2, -0.15) is 0 Å². The zero-order chi connectivity index (χ0) is 10.3. The molecule has 74 valence electrons. The average molecular weight is 190 g/mol. The van der Waals surface area contributed by atoms with E-state index in [9.17, 15) is 4.79 Å². The average Bonchev–Trinajstić information content (AvgIpc) is 2.80. The minimum atomic E-state index is -0.675. The summed E-state index contributed by atoms with van der Waals surface area (Å²) in [7, 11) is 0. The monoisotopic (exact) mass is 190 g/mol. The molecule has 2 heteroatoms. The molecular weight excluding hydrogens is 176 g/mol. The third-order valence-corrected chi connectivity index (χ3v) is 3.29. The molecule has 0 saturated heterocycles. The van der Waals surface area contributed by atoms with Crippen molar-refractivity contribution in [1.29, 1.82) is 0 Å². The van der Waals surface area contributed by atoms with E-state index in [4.69, 9.17) is 5.11 Å². The Morgan fingerprint density at radius 1 is 1.50 bits per heavy atom. The number of hydrogen-bond acceptors (Lipinski definition) is 1. The minimum Gasteiger partial charge on any atom is -0.481 e. The summed E-state index contributed by atoms with van der Waals surface area (Å²) in [4.78, 5) is 11.0. The summed E-state index contributed by atoms with van der Waals surface area (Å²) in [6.45, 7) is 3.86. The first-order valence-corrected chi connectivity index (χ1v) is 4.84. The lowest BCUT2D eigenvalue weighted by Crippen LogP contribution is -2.12. The second-order valence-electron chi connectivity index (χ2n) is 4.34. The Labute approximate surface area is 83.6 Å². The van der Waals surface area contributed by atoms with Gasteiger partial charge in [0.1, 0.15) is 0 Å². The highest BCUT2D eigenvalue weighted by Gasteiger charge is 2.57. The largest absolute Gasteiger partial charge is 0.481 e. The van der Waals surface area contributed by atoms with Crippen molar-refractivity contribution in [3.8, 4) is 0 Å². The third-order valence-electron chi connectivity index (χ3n) is 3.29. The van der Waals surface area contributed by atoms with Crippen LogP contribution in [-0.4, -0.2) is 11.1 Å². The smallest absolute Gasteiger partial charge is 0.309 e. The van der Waals surface area contributed by atoms with E-state index < -0.39 is 11.4 Å². The fraction of sp³-hybridized carbons (Fsp3) is 0.417. The van der Waals surface area contributed by atoms with Crippen LogP contribution in [0.25, 0.3) is 0 Å². The molecule has 1 N–H and O–H groups in total. The van der Waals surface area contributed by atoms with Crippen LogP contribution in [0.2, 0.25) is 0 Å². The molecule has 1 aromatic rings. The van der Waals surface area contributed by atoms with E-state index in [1.165, 1.54) is 11.1 Å². The molecule has 0 spiro atoms. The van der Waals surface area contributed by atoms with Gasteiger partial charge >= 0.3 is 5.97 Å². The van der Waals surface area contributed by atoms with Crippen LogP contribution in [0, 0.1) is 12.3 Å². The number of carboxylic acid groups (broad SMARTS) is 1. The molecule has 1 saturated carbocycles. The molecule has 0 unspecified atom stereocenters. The van der Waals surface area contributed by atoms with Gasteiger partial charge in [0, 0.05) is 5.92 Å². The third kappa shape index (κ3) is 1.22. The number of carbonyl (C=O) groups is 1. The first kappa shape index (κ1) is 9.25. The predicted molar refractivity (Wildman–Crippen MR) is 54.3 cm³/mol. The van der Waals surface area contributed by atoms with E-state index in [-0.39, 0.29) is 5.92 Å². The van der Waals surface area contributed by atoms with Crippen molar-refractivity contribution in [2.45, 2.75) is 26.2 Å². The van der Waals surface area contributed by atoms with E-state index >= 15 is 0 Å². The van der Waals surface area contributed by atoms with Gasteiger partial charge in [-0.1, -0.05) is 24.3 Å². The molecule has 1 aliphatic rings. The van der Waals surface area contributed by atoms with Crippen molar-refractivity contribution < 1.29 is 9.90 Å². The number of benzene rings is 1. The summed E-state index contributed by atoms with van der Waals surface area (Å²) in [5.41, 5.74) is 1.87. The molecule has 0 aliphatic heterocycles. The Balaban J connectivity index is 2.29. The van der Waals surface area contributed by atoms with Gasteiger partial charge in [-0.05, 0) is 31.4 Å². The van der Waals surface area contributed by atoms with Crippen LogP contribution < -0.4 is 0 Å². The molecule has 0 aromatic heterocycles. The summed E-state index contributed by atoms with van der Waals surface area (Å²) in [6, 6.07) is 8.03. The Morgan fingerprint density at radius 2 is 2.14 bits per heavy atom. The zero-order valence-corrected chi connectivity index (χ0v) is 8.45. The molecule has 0 amide bonds. The molecule has 14 heavy (non-hydrogen) atoms. The van der Waals surface area contributed by atoms with Gasteiger partial charge in [0.2, 0.25) is 0 Å². The number of carboxylic acids is 1. The van der Waals surface area contributed by atoms with E-state index in [1.54, 1.807) is 0 Å². The molecule has 0 bridgehead atoms. The van der Waals surface area contributed by atoms with Crippen LogP contribution in [0.4, 0.5) is 0 Å². The maximum atomic E-state index is 11.0. The van der Waals surface area contributed by atoms with Gasteiger partial charge in [0.15, 0.2) is 0 Å². The van der Waals surface area contributed by atoms with Crippen LogP contribution in [0.5, 0.6) is 0 Å². The van der Waals surface area contributed by atoms with Gasteiger partial charge in [-0.25, -0.2) is 0 Å². The second-order valence-corrected chi connectivity index (χ2v) is 4.34. The molecule has 0 heterocycles. The van der Waals surface area contributed by atoms with Crippen molar-refractivity contribution in [3.63, 3.8) is 0 Å².